The molecule has 0 aliphatic heterocycles. The maximum Gasteiger partial charge on any atom is 0.0547 e. The highest BCUT2D eigenvalue weighted by Crippen LogP contribution is 2.43. The molecule has 0 N–H and O–H groups in total. The van der Waals surface area contributed by atoms with Gasteiger partial charge >= 0.3 is 0 Å². The number of hydrogen-bond donors (Lipinski definition) is 0. The Morgan fingerprint density at radius 3 is 1.10 bits per heavy atom. The highest BCUT2D eigenvalue weighted by atomic mass is 15.0. The number of hydrogen-bond acceptors (Lipinski definition) is 0. The van der Waals surface area contributed by atoms with Crippen LogP contribution in [-0.4, -0.2) is 9.13 Å². The average Bonchev–Trinajstić information content (AvgIpc) is 3.63. The van der Waals surface area contributed by atoms with Crippen LogP contribution >= 0.6 is 0 Å². The lowest BCUT2D eigenvalue weighted by atomic mass is 9.84. The van der Waals surface area contributed by atoms with Gasteiger partial charge < -0.3 is 9.13 Å². The van der Waals surface area contributed by atoms with E-state index in [-0.39, 0.29) is 5.41 Å². The third-order valence-electron chi connectivity index (χ3n) is 10.4. The van der Waals surface area contributed by atoms with Gasteiger partial charge in [-0.1, -0.05) is 130 Å². The highest BCUT2D eigenvalue weighted by Gasteiger charge is 2.22. The second-order valence-electron chi connectivity index (χ2n) is 14.2. The van der Waals surface area contributed by atoms with Crippen molar-refractivity contribution in [2.45, 2.75) is 26.2 Å². The van der Waals surface area contributed by atoms with Crippen LogP contribution in [0.15, 0.2) is 152 Å². The van der Waals surface area contributed by atoms with E-state index in [1.54, 1.807) is 0 Å². The van der Waals surface area contributed by atoms with Crippen LogP contribution in [0.25, 0.3) is 87.3 Å². The molecule has 0 saturated heterocycles. The molecule has 2 heteroatoms. The molecule has 0 aliphatic carbocycles. The standard InChI is InChI=1S/C46H34N2/c1-46(2,3)29-24-25-31-38-27-44(47-40-20-10-6-16-33(40)34-17-7-11-21-41(34)47)32-15-5-4-14-30(32)37(38)28-45(39(31)26-29)48-42-22-12-8-18-35(42)36-19-9-13-23-43(36)48/h4-28H,1-3H3. The van der Waals surface area contributed by atoms with Crippen molar-refractivity contribution >= 4 is 75.9 Å². The summed E-state index contributed by atoms with van der Waals surface area (Å²) >= 11 is 0. The molecular formula is C46H34N2. The van der Waals surface area contributed by atoms with Crippen LogP contribution in [0.5, 0.6) is 0 Å². The molecule has 10 rings (SSSR count). The van der Waals surface area contributed by atoms with Gasteiger partial charge in [0, 0.05) is 32.3 Å². The van der Waals surface area contributed by atoms with Crippen molar-refractivity contribution in [3.63, 3.8) is 0 Å². The van der Waals surface area contributed by atoms with Crippen molar-refractivity contribution in [2.75, 3.05) is 0 Å². The Labute approximate surface area is 279 Å². The number of benzene rings is 8. The second kappa shape index (κ2) is 9.82. The molecule has 0 aliphatic rings. The molecule has 0 saturated carbocycles. The van der Waals surface area contributed by atoms with Crippen LogP contribution in [0.1, 0.15) is 26.3 Å². The first kappa shape index (κ1) is 27.3. The van der Waals surface area contributed by atoms with E-state index in [4.69, 9.17) is 0 Å². The van der Waals surface area contributed by atoms with Gasteiger partial charge in [0.05, 0.1) is 33.4 Å². The number of rotatable bonds is 2. The van der Waals surface area contributed by atoms with Crippen molar-refractivity contribution < 1.29 is 0 Å². The summed E-state index contributed by atoms with van der Waals surface area (Å²) in [4.78, 5) is 0. The summed E-state index contributed by atoms with van der Waals surface area (Å²) < 4.78 is 4.97. The van der Waals surface area contributed by atoms with Gasteiger partial charge in [-0.05, 0) is 75.0 Å². The van der Waals surface area contributed by atoms with E-state index in [2.05, 4.69) is 182 Å². The molecule has 2 aromatic heterocycles. The lowest BCUT2D eigenvalue weighted by Crippen LogP contribution is -2.11. The molecule has 48 heavy (non-hydrogen) atoms. The molecule has 0 atom stereocenters. The number of aromatic nitrogens is 2. The number of nitrogens with zero attached hydrogens (tertiary/aromatic N) is 2. The minimum Gasteiger partial charge on any atom is -0.309 e. The molecule has 0 fully saturated rings. The zero-order chi connectivity index (χ0) is 32.1. The predicted octanol–water partition coefficient (Wildman–Crippen LogP) is 12.6. The Morgan fingerprint density at radius 2 is 0.667 bits per heavy atom. The molecule has 0 unspecified atom stereocenters. The maximum absolute atomic E-state index is 2.49. The summed E-state index contributed by atoms with van der Waals surface area (Å²) in [6.07, 6.45) is 0. The van der Waals surface area contributed by atoms with Crippen molar-refractivity contribution in [1.29, 1.82) is 0 Å². The smallest absolute Gasteiger partial charge is 0.0547 e. The van der Waals surface area contributed by atoms with Crippen LogP contribution in [0.3, 0.4) is 0 Å². The maximum atomic E-state index is 2.49. The zero-order valence-corrected chi connectivity index (χ0v) is 27.3. The van der Waals surface area contributed by atoms with E-state index in [1.165, 1.54) is 92.9 Å². The molecule has 0 spiro atoms. The Bertz CT molecular complexity index is 2820. The minimum atomic E-state index is 0.0127. The first-order chi connectivity index (χ1) is 23.5. The molecule has 0 bridgehead atoms. The van der Waals surface area contributed by atoms with E-state index in [1.807, 2.05) is 0 Å². The summed E-state index contributed by atoms with van der Waals surface area (Å²) in [5.74, 6) is 0. The van der Waals surface area contributed by atoms with Gasteiger partial charge in [-0.3, -0.25) is 0 Å². The van der Waals surface area contributed by atoms with Gasteiger partial charge in [0.1, 0.15) is 0 Å². The number of para-hydroxylation sites is 4. The van der Waals surface area contributed by atoms with Crippen LogP contribution in [0.4, 0.5) is 0 Å². The van der Waals surface area contributed by atoms with Gasteiger partial charge in [-0.2, -0.15) is 0 Å². The van der Waals surface area contributed by atoms with E-state index >= 15 is 0 Å². The Hall–Kier alpha value is -5.86. The van der Waals surface area contributed by atoms with Crippen LogP contribution < -0.4 is 0 Å². The first-order valence-electron chi connectivity index (χ1n) is 16.9. The first-order valence-corrected chi connectivity index (χ1v) is 16.9. The molecule has 228 valence electrons. The molecule has 2 heterocycles. The Balaban J connectivity index is 1.41. The topological polar surface area (TPSA) is 9.86 Å². The summed E-state index contributed by atoms with van der Waals surface area (Å²) in [6.45, 7) is 6.93. The lowest BCUT2D eigenvalue weighted by molar-refractivity contribution is 0.591. The summed E-state index contributed by atoms with van der Waals surface area (Å²) in [7, 11) is 0. The van der Waals surface area contributed by atoms with Crippen LogP contribution in [0.2, 0.25) is 0 Å². The SMILES string of the molecule is CC(C)(C)c1ccc2c(c1)c(-n1c3ccccc3c3ccccc31)cc1c3ccccc3c(-n3c4ccccc4c4ccccc43)cc21. The van der Waals surface area contributed by atoms with Crippen molar-refractivity contribution in [1.82, 2.24) is 9.13 Å². The molecular weight excluding hydrogens is 581 g/mol. The summed E-state index contributed by atoms with van der Waals surface area (Å²) in [5, 5.41) is 12.7. The number of fused-ring (bicyclic) bond motifs is 11. The second-order valence-corrected chi connectivity index (χ2v) is 14.2. The van der Waals surface area contributed by atoms with Gasteiger partial charge in [-0.25, -0.2) is 0 Å². The zero-order valence-electron chi connectivity index (χ0n) is 27.3. The third kappa shape index (κ3) is 3.74. The van der Waals surface area contributed by atoms with Gasteiger partial charge in [-0.15, -0.1) is 0 Å². The normalized spacial score (nSPS) is 12.5. The van der Waals surface area contributed by atoms with Crippen LogP contribution in [-0.2, 0) is 5.41 Å². The molecule has 8 aromatic carbocycles. The fourth-order valence-electron chi connectivity index (χ4n) is 8.16. The van der Waals surface area contributed by atoms with Crippen molar-refractivity contribution in [3.8, 4) is 11.4 Å². The molecule has 2 nitrogen and oxygen atoms in total. The summed E-state index contributed by atoms with van der Waals surface area (Å²) in [6, 6.07) is 56.3. The van der Waals surface area contributed by atoms with Gasteiger partial charge in [0.2, 0.25) is 0 Å². The van der Waals surface area contributed by atoms with Crippen LogP contribution in [0, 0.1) is 0 Å². The fourth-order valence-corrected chi connectivity index (χ4v) is 8.16. The van der Waals surface area contributed by atoms with E-state index < -0.39 is 0 Å². The predicted molar refractivity (Wildman–Crippen MR) is 206 cm³/mol. The van der Waals surface area contributed by atoms with E-state index in [9.17, 15) is 0 Å². The quantitative estimate of drug-likeness (QED) is 0.171. The average molecular weight is 615 g/mol. The Kier molecular flexibility index (Phi) is 5.58. The fraction of sp³-hybridized carbons (Fsp3) is 0.0870. The van der Waals surface area contributed by atoms with Crippen molar-refractivity contribution in [3.05, 3.63) is 157 Å². The minimum absolute atomic E-state index is 0.0127. The Morgan fingerprint density at radius 1 is 0.312 bits per heavy atom. The molecule has 10 aromatic rings. The van der Waals surface area contributed by atoms with Gasteiger partial charge in [0.15, 0.2) is 0 Å². The monoisotopic (exact) mass is 614 g/mol. The van der Waals surface area contributed by atoms with E-state index in [0.717, 1.165) is 0 Å². The third-order valence-corrected chi connectivity index (χ3v) is 10.4. The van der Waals surface area contributed by atoms with Gasteiger partial charge in [0.25, 0.3) is 0 Å². The van der Waals surface area contributed by atoms with E-state index in [0.29, 0.717) is 0 Å². The molecule has 0 radical (unpaired) electrons. The highest BCUT2D eigenvalue weighted by molar-refractivity contribution is 6.23. The summed E-state index contributed by atoms with van der Waals surface area (Å²) in [5.41, 5.74) is 8.68. The van der Waals surface area contributed by atoms with Crippen molar-refractivity contribution in [2.24, 2.45) is 0 Å². The lowest BCUT2D eigenvalue weighted by Gasteiger charge is -2.22. The largest absolute Gasteiger partial charge is 0.309 e. The molecule has 0 amide bonds.